The number of piperazine rings is 1. The van der Waals surface area contributed by atoms with Gasteiger partial charge < -0.3 is 24.2 Å². The Morgan fingerprint density at radius 2 is 1.58 bits per heavy atom. The van der Waals surface area contributed by atoms with E-state index in [2.05, 4.69) is 4.90 Å². The van der Waals surface area contributed by atoms with Gasteiger partial charge in [0.15, 0.2) is 23.0 Å². The normalized spacial score (nSPS) is 14.4. The zero-order valence-corrected chi connectivity index (χ0v) is 27.4. The molecule has 0 unspecified atom stereocenters. The van der Waals surface area contributed by atoms with Crippen LogP contribution in [0.1, 0.15) is 25.6 Å². The van der Waals surface area contributed by atoms with Crippen LogP contribution in [0.15, 0.2) is 77.6 Å². The summed E-state index contributed by atoms with van der Waals surface area (Å²) in [4.78, 5) is 54.4. The van der Waals surface area contributed by atoms with Crippen LogP contribution in [0.5, 0.6) is 17.2 Å². The van der Waals surface area contributed by atoms with E-state index in [-0.39, 0.29) is 36.3 Å². The molecule has 15 heteroatoms. The van der Waals surface area contributed by atoms with Gasteiger partial charge in [-0.1, -0.05) is 54.6 Å². The van der Waals surface area contributed by atoms with E-state index in [9.17, 15) is 27.6 Å². The molecular formula is C35H30F3N3O8S. The molecule has 50 heavy (non-hydrogen) atoms. The van der Waals surface area contributed by atoms with Gasteiger partial charge in [0.2, 0.25) is 6.79 Å². The summed E-state index contributed by atoms with van der Waals surface area (Å²) in [5, 5.41) is 8.26. The number of ether oxygens (including phenoxy) is 3. The monoisotopic (exact) mass is 709 g/mol. The van der Waals surface area contributed by atoms with E-state index < -0.39 is 12.1 Å². The molecule has 0 atom stereocenters. The van der Waals surface area contributed by atoms with Crippen molar-refractivity contribution < 1.29 is 46.9 Å². The third kappa shape index (κ3) is 7.00. The van der Waals surface area contributed by atoms with Crippen LogP contribution in [-0.4, -0.2) is 83.4 Å². The number of rotatable bonds is 7. The number of carboxylic acids is 1. The number of benzene rings is 3. The van der Waals surface area contributed by atoms with E-state index in [1.165, 1.54) is 23.0 Å². The molecule has 2 aliphatic heterocycles. The lowest BCUT2D eigenvalue weighted by Crippen LogP contribution is -2.48. The molecule has 4 heterocycles. The molecule has 11 nitrogen and oxygen atoms in total. The first-order valence-electron chi connectivity index (χ1n) is 15.4. The number of fused-ring (bicyclic) bond motifs is 4. The molecule has 0 radical (unpaired) electrons. The number of halogens is 3. The van der Waals surface area contributed by atoms with Gasteiger partial charge in [0.1, 0.15) is 10.3 Å². The highest BCUT2D eigenvalue weighted by molar-refractivity contribution is 7.22. The number of aromatic nitrogens is 1. The molecule has 7 rings (SSSR count). The molecule has 5 aromatic rings. The first-order chi connectivity index (χ1) is 24.0. The maximum atomic E-state index is 14.0. The Balaban J connectivity index is 0.000000561. The molecule has 3 aromatic carbocycles. The molecule has 0 aliphatic carbocycles. The van der Waals surface area contributed by atoms with Crippen LogP contribution < -0.4 is 19.8 Å². The lowest BCUT2D eigenvalue weighted by Gasteiger charge is -2.34. The second-order valence-corrected chi connectivity index (χ2v) is 12.4. The summed E-state index contributed by atoms with van der Waals surface area (Å²) in [6.07, 6.45) is -5.08. The van der Waals surface area contributed by atoms with Gasteiger partial charge in [-0.05, 0) is 23.8 Å². The van der Waals surface area contributed by atoms with Crippen LogP contribution in [0.25, 0.3) is 21.0 Å². The number of amides is 1. The Labute approximate surface area is 286 Å². The number of methoxy groups -OCH3 is 1. The molecule has 2 aromatic heterocycles. The van der Waals surface area contributed by atoms with Gasteiger partial charge in [-0.2, -0.15) is 13.2 Å². The first-order valence-corrected chi connectivity index (χ1v) is 16.2. The Morgan fingerprint density at radius 1 is 0.920 bits per heavy atom. The second-order valence-electron chi connectivity index (χ2n) is 11.4. The van der Waals surface area contributed by atoms with Crippen LogP contribution in [0.3, 0.4) is 0 Å². The number of pyridine rings is 1. The SMILES string of the molecule is COc1c(C(=O)N2CCN(Cc3ccc4c(c3)OCO4)CC2)sc2c1c(=O)n(CC(=O)c1ccccc1)c1ccccc21.O=C(O)C(F)(F)F. The lowest BCUT2D eigenvalue weighted by molar-refractivity contribution is -0.192. The third-order valence-corrected chi connectivity index (χ3v) is 9.50. The Hall–Kier alpha value is -5.41. The predicted octanol–water partition coefficient (Wildman–Crippen LogP) is 5.43. The molecule has 2 aliphatic rings. The van der Waals surface area contributed by atoms with Gasteiger partial charge in [0.05, 0.1) is 23.9 Å². The maximum Gasteiger partial charge on any atom is 0.490 e. The molecule has 1 N–H and O–H groups in total. The largest absolute Gasteiger partial charge is 0.494 e. The fraction of sp³-hybridized carbons (Fsp3) is 0.257. The molecule has 1 fully saturated rings. The molecule has 1 saturated heterocycles. The highest BCUT2D eigenvalue weighted by Gasteiger charge is 2.38. The molecular weight excluding hydrogens is 679 g/mol. The van der Waals surface area contributed by atoms with Crippen LogP contribution in [0.4, 0.5) is 13.2 Å². The average Bonchev–Trinajstić information content (AvgIpc) is 3.75. The molecule has 0 bridgehead atoms. The van der Waals surface area contributed by atoms with Crippen molar-refractivity contribution in [1.29, 1.82) is 0 Å². The van der Waals surface area contributed by atoms with Crippen molar-refractivity contribution >= 4 is 50.0 Å². The van der Waals surface area contributed by atoms with Crippen LogP contribution >= 0.6 is 11.3 Å². The van der Waals surface area contributed by atoms with Crippen molar-refractivity contribution in [2.24, 2.45) is 0 Å². The third-order valence-electron chi connectivity index (χ3n) is 8.30. The van der Waals surface area contributed by atoms with Crippen molar-refractivity contribution in [3.8, 4) is 17.2 Å². The van der Waals surface area contributed by atoms with Gasteiger partial charge in [-0.25, -0.2) is 4.79 Å². The number of carbonyl (C=O) groups is 3. The highest BCUT2D eigenvalue weighted by atomic mass is 32.1. The summed E-state index contributed by atoms with van der Waals surface area (Å²) in [5.41, 5.74) is 1.96. The minimum Gasteiger partial charge on any atom is -0.494 e. The molecule has 1 amide bonds. The number of alkyl halides is 3. The van der Waals surface area contributed by atoms with Crippen LogP contribution in [-0.2, 0) is 17.9 Å². The molecule has 260 valence electrons. The molecule has 0 spiro atoms. The van der Waals surface area contributed by atoms with E-state index in [0.29, 0.717) is 52.2 Å². The van der Waals surface area contributed by atoms with Crippen molar-refractivity contribution in [1.82, 2.24) is 14.4 Å². The lowest BCUT2D eigenvalue weighted by atomic mass is 10.1. The fourth-order valence-corrected chi connectivity index (χ4v) is 7.11. The number of carboxylic acid groups (broad SMARTS) is 1. The summed E-state index contributed by atoms with van der Waals surface area (Å²) in [6, 6.07) is 22.4. The number of thiophene rings is 1. The summed E-state index contributed by atoms with van der Waals surface area (Å²) in [5.74, 6) is -1.29. The summed E-state index contributed by atoms with van der Waals surface area (Å²) < 4.78 is 50.6. The minimum absolute atomic E-state index is 0.118. The Bertz CT molecular complexity index is 2140. The van der Waals surface area contributed by atoms with E-state index in [0.717, 1.165) is 29.0 Å². The van der Waals surface area contributed by atoms with Gasteiger partial charge in [0, 0.05) is 43.7 Å². The van der Waals surface area contributed by atoms with Gasteiger partial charge >= 0.3 is 12.1 Å². The summed E-state index contributed by atoms with van der Waals surface area (Å²) >= 11 is 1.28. The number of carbonyl (C=O) groups excluding carboxylic acids is 2. The predicted molar refractivity (Wildman–Crippen MR) is 178 cm³/mol. The Kier molecular flexibility index (Phi) is 9.79. The summed E-state index contributed by atoms with van der Waals surface area (Å²) in [6.45, 7) is 3.41. The zero-order valence-electron chi connectivity index (χ0n) is 26.6. The maximum absolute atomic E-state index is 14.0. The fourth-order valence-electron chi connectivity index (χ4n) is 5.85. The van der Waals surface area contributed by atoms with Gasteiger partial charge in [0.25, 0.3) is 11.5 Å². The van der Waals surface area contributed by atoms with E-state index in [4.69, 9.17) is 24.1 Å². The summed E-state index contributed by atoms with van der Waals surface area (Å²) in [7, 11) is 1.48. The Morgan fingerprint density at radius 3 is 2.26 bits per heavy atom. The number of aliphatic carboxylic acids is 1. The van der Waals surface area contributed by atoms with Crippen molar-refractivity contribution in [2.75, 3.05) is 40.1 Å². The van der Waals surface area contributed by atoms with Gasteiger partial charge in [-0.3, -0.25) is 23.9 Å². The number of Topliss-reactive ketones (excluding diaryl/α,β-unsaturated/α-hetero) is 1. The van der Waals surface area contributed by atoms with Crippen molar-refractivity contribution in [3.63, 3.8) is 0 Å². The van der Waals surface area contributed by atoms with E-state index in [1.807, 2.05) is 53.4 Å². The van der Waals surface area contributed by atoms with Crippen LogP contribution in [0, 0.1) is 0 Å². The van der Waals surface area contributed by atoms with Crippen LogP contribution in [0.2, 0.25) is 0 Å². The zero-order chi connectivity index (χ0) is 35.6. The number of hydrogen-bond acceptors (Lipinski definition) is 9. The standard InChI is InChI=1S/C33H29N3O6S.C2HF3O2/c1-40-29-28-30(23-9-5-6-10-24(23)36(32(28)38)19-25(37)22-7-3-2-4-8-22)43-31(29)33(39)35-15-13-34(14-16-35)18-21-11-12-26-27(17-21)42-20-41-26;3-2(4,5)1(6)7/h2-12,17H,13-16,18-20H2,1H3;(H,6,7). The van der Waals surface area contributed by atoms with Crippen molar-refractivity contribution in [3.05, 3.63) is 99.2 Å². The smallest absolute Gasteiger partial charge is 0.490 e. The topological polar surface area (TPSA) is 128 Å². The first kappa shape index (κ1) is 34.5. The number of hydrogen-bond donors (Lipinski definition) is 1. The second kappa shape index (κ2) is 14.2. The number of ketones is 1. The van der Waals surface area contributed by atoms with E-state index in [1.54, 1.807) is 24.3 Å². The number of nitrogens with zero attached hydrogens (tertiary/aromatic N) is 3. The van der Waals surface area contributed by atoms with E-state index >= 15 is 0 Å². The highest BCUT2D eigenvalue weighted by Crippen LogP contribution is 2.40. The van der Waals surface area contributed by atoms with Gasteiger partial charge in [-0.15, -0.1) is 11.3 Å². The quantitative estimate of drug-likeness (QED) is 0.220. The average molecular weight is 710 g/mol. The molecule has 0 saturated carbocycles. The number of para-hydroxylation sites is 1. The minimum atomic E-state index is -5.08. The van der Waals surface area contributed by atoms with Crippen molar-refractivity contribution in [2.45, 2.75) is 19.3 Å².